The van der Waals surface area contributed by atoms with Crippen LogP contribution in [0.3, 0.4) is 0 Å². The van der Waals surface area contributed by atoms with Crippen molar-refractivity contribution in [1.29, 1.82) is 0 Å². The number of carboxylic acid groups (broad SMARTS) is 1. The lowest BCUT2D eigenvalue weighted by Gasteiger charge is -2.58. The van der Waals surface area contributed by atoms with Gasteiger partial charge in [0, 0.05) is 54.2 Å². The fraction of sp³-hybridized carbons (Fsp3) is 0.381. The number of rotatable bonds is 10. The number of aromatic carboxylic acids is 1. The molecule has 2 fully saturated rings. The van der Waals surface area contributed by atoms with Crippen molar-refractivity contribution in [3.63, 3.8) is 0 Å². The highest BCUT2D eigenvalue weighted by Gasteiger charge is 2.53. The number of aromatic nitrogens is 5. The number of benzene rings is 2. The van der Waals surface area contributed by atoms with Gasteiger partial charge in [0.05, 0.1) is 33.2 Å². The maximum atomic E-state index is 13.5. The number of fused-ring (bicyclic) bond motifs is 4. The zero-order chi connectivity index (χ0) is 37.0. The van der Waals surface area contributed by atoms with Crippen LogP contribution in [0.4, 0.5) is 5.13 Å². The van der Waals surface area contributed by atoms with Gasteiger partial charge in [-0.2, -0.15) is 5.10 Å². The summed E-state index contributed by atoms with van der Waals surface area (Å²) in [6.07, 6.45) is 11.6. The van der Waals surface area contributed by atoms with Crippen LogP contribution in [-0.2, 0) is 11.3 Å². The summed E-state index contributed by atoms with van der Waals surface area (Å²) in [4.78, 5) is 40.0. The van der Waals surface area contributed by atoms with E-state index in [1.54, 1.807) is 25.6 Å². The van der Waals surface area contributed by atoms with Gasteiger partial charge >= 0.3 is 5.97 Å². The molecular formula is C42H44N6O4S. The van der Waals surface area contributed by atoms with Crippen LogP contribution in [0.25, 0.3) is 43.5 Å². The van der Waals surface area contributed by atoms with E-state index in [1.165, 1.54) is 43.4 Å². The lowest BCUT2D eigenvalue weighted by atomic mass is 9.48. The number of para-hydroxylation sites is 1. The van der Waals surface area contributed by atoms with E-state index in [0.29, 0.717) is 43.8 Å². The van der Waals surface area contributed by atoms with Crippen molar-refractivity contribution in [2.24, 2.45) is 16.2 Å². The molecule has 1 amide bonds. The van der Waals surface area contributed by atoms with E-state index in [2.05, 4.69) is 38.8 Å². The van der Waals surface area contributed by atoms with E-state index < -0.39 is 5.97 Å². The van der Waals surface area contributed by atoms with Gasteiger partial charge in [0.25, 0.3) is 5.91 Å². The minimum Gasteiger partial charge on any atom is -0.476 e. The summed E-state index contributed by atoms with van der Waals surface area (Å²) < 4.78 is 8.61. The van der Waals surface area contributed by atoms with Crippen LogP contribution in [0, 0.1) is 23.2 Å². The predicted octanol–water partition coefficient (Wildman–Crippen LogP) is 9.43. The van der Waals surface area contributed by atoms with Gasteiger partial charge < -0.3 is 9.84 Å². The average Bonchev–Trinajstić information content (AvgIpc) is 3.70. The van der Waals surface area contributed by atoms with Gasteiger partial charge in [0.15, 0.2) is 10.8 Å². The van der Waals surface area contributed by atoms with Crippen molar-refractivity contribution >= 4 is 49.5 Å². The van der Waals surface area contributed by atoms with E-state index in [9.17, 15) is 14.7 Å². The van der Waals surface area contributed by atoms with Crippen molar-refractivity contribution < 1.29 is 19.4 Å². The first-order chi connectivity index (χ1) is 25.5. The molecule has 0 radical (unpaired) electrons. The van der Waals surface area contributed by atoms with Gasteiger partial charge in [-0.15, -0.1) is 0 Å². The number of ether oxygens (including phenoxy) is 1. The zero-order valence-electron chi connectivity index (χ0n) is 30.6. The Bertz CT molecular complexity index is 2350. The lowest BCUT2D eigenvalue weighted by Crippen LogP contribution is -2.49. The van der Waals surface area contributed by atoms with E-state index in [1.807, 2.05) is 61.5 Å². The molecule has 10 nitrogen and oxygen atoms in total. The minimum atomic E-state index is -1.12. The molecule has 8 rings (SSSR count). The number of carbonyl (C=O) groups is 2. The summed E-state index contributed by atoms with van der Waals surface area (Å²) in [6, 6.07) is 18.6. The summed E-state index contributed by atoms with van der Waals surface area (Å²) in [5.74, 6) is -1.42. The van der Waals surface area contributed by atoms with Crippen LogP contribution in [0.1, 0.15) is 85.3 Å². The Labute approximate surface area is 312 Å². The topological polar surface area (TPSA) is 132 Å². The van der Waals surface area contributed by atoms with Crippen molar-refractivity contribution in [1.82, 2.24) is 24.7 Å². The molecule has 3 unspecified atom stereocenters. The predicted molar refractivity (Wildman–Crippen MR) is 208 cm³/mol. The third-order valence-electron chi connectivity index (χ3n) is 11.6. The molecule has 4 heterocycles. The monoisotopic (exact) mass is 728 g/mol. The lowest BCUT2D eigenvalue weighted by molar-refractivity contribution is -0.0795. The molecule has 4 aromatic heterocycles. The molecule has 11 heteroatoms. The summed E-state index contributed by atoms with van der Waals surface area (Å²) in [6.45, 7) is 8.51. The quantitative estimate of drug-likeness (QED) is 0.143. The first-order valence-electron chi connectivity index (χ1n) is 18.3. The Hall–Kier alpha value is -5.00. The highest BCUT2D eigenvalue weighted by molar-refractivity contribution is 7.22. The minimum absolute atomic E-state index is 0.0431. The van der Waals surface area contributed by atoms with Crippen molar-refractivity contribution in [2.45, 2.75) is 72.3 Å². The second kappa shape index (κ2) is 13.4. The first kappa shape index (κ1) is 35.1. The third kappa shape index (κ3) is 6.72. The number of nitrogens with zero attached hydrogens (tertiary/aromatic N) is 5. The van der Waals surface area contributed by atoms with Crippen molar-refractivity contribution in [3.8, 4) is 22.4 Å². The molecule has 272 valence electrons. The van der Waals surface area contributed by atoms with E-state index in [0.717, 1.165) is 47.5 Å². The number of anilines is 1. The fourth-order valence-corrected chi connectivity index (χ4v) is 10.6. The second-order valence-corrected chi connectivity index (χ2v) is 17.0. The molecule has 2 aliphatic rings. The molecule has 2 N–H and O–H groups in total. The molecule has 2 bridgehead atoms. The van der Waals surface area contributed by atoms with E-state index in [-0.39, 0.29) is 22.4 Å². The standard InChI is InChI=1S/C42H44N6O4S/c1-26-31(21-44-48(26)25-42-16-7-15-40(2,23-42)22-41(3,24-42)17-19-52-4)28-11-13-32(45-36(28)38(50)51)27-10-12-33-30(20-27)29(14-18-43-33)37(49)47-39-46-34-8-5-6-9-35(34)53-39/h5-6,8-14,18,20-21H,7,15-17,19,22-25H2,1-4H3,(H,50,51)(H,46,47,49). The SMILES string of the molecule is COCCC1(C)CC2(C)CCCC(Cn3ncc(-c4ccc(-c5ccc6nccc(C(=O)Nc7nc8ccccc8s7)c6c5)nc4C(=O)O)c3C)(C2)C1. The van der Waals surface area contributed by atoms with Gasteiger partial charge in [-0.3, -0.25) is 19.8 Å². The van der Waals surface area contributed by atoms with Gasteiger partial charge in [-0.25, -0.2) is 14.8 Å². The smallest absolute Gasteiger partial charge is 0.355 e. The number of methoxy groups -OCH3 is 1. The van der Waals surface area contributed by atoms with E-state index in [4.69, 9.17) is 9.84 Å². The summed E-state index contributed by atoms with van der Waals surface area (Å²) in [5.41, 5.74) is 5.90. The van der Waals surface area contributed by atoms with Gasteiger partial charge in [0.1, 0.15) is 0 Å². The first-order valence-corrected chi connectivity index (χ1v) is 19.1. The Kier molecular flexibility index (Phi) is 8.89. The third-order valence-corrected chi connectivity index (χ3v) is 12.6. The van der Waals surface area contributed by atoms with Gasteiger partial charge in [-0.1, -0.05) is 49.8 Å². The molecule has 0 saturated heterocycles. The van der Waals surface area contributed by atoms with Crippen LogP contribution in [-0.4, -0.2) is 55.4 Å². The summed E-state index contributed by atoms with van der Waals surface area (Å²) >= 11 is 1.41. The molecular weight excluding hydrogens is 685 g/mol. The Morgan fingerprint density at radius 3 is 2.64 bits per heavy atom. The van der Waals surface area contributed by atoms with Crippen molar-refractivity contribution in [3.05, 3.63) is 90.0 Å². The molecule has 53 heavy (non-hydrogen) atoms. The molecule has 2 aromatic carbocycles. The van der Waals surface area contributed by atoms with Crippen molar-refractivity contribution in [2.75, 3.05) is 19.0 Å². The number of hydrogen-bond acceptors (Lipinski definition) is 8. The van der Waals surface area contributed by atoms with Crippen LogP contribution >= 0.6 is 11.3 Å². The molecule has 6 aromatic rings. The van der Waals surface area contributed by atoms with Gasteiger partial charge in [-0.05, 0) is 104 Å². The Morgan fingerprint density at radius 2 is 1.83 bits per heavy atom. The van der Waals surface area contributed by atoms with Crippen LogP contribution in [0.15, 0.2) is 73.1 Å². The highest BCUT2D eigenvalue weighted by Crippen LogP contribution is 2.62. The number of nitrogens with one attached hydrogen (secondary N) is 1. The van der Waals surface area contributed by atoms with Crippen LogP contribution in [0.2, 0.25) is 0 Å². The average molecular weight is 729 g/mol. The van der Waals surface area contributed by atoms with Gasteiger partial charge in [0.2, 0.25) is 0 Å². The molecule has 2 aliphatic carbocycles. The number of pyridine rings is 2. The molecule has 3 atom stereocenters. The second-order valence-electron chi connectivity index (χ2n) is 16.0. The maximum absolute atomic E-state index is 13.5. The maximum Gasteiger partial charge on any atom is 0.355 e. The Morgan fingerprint density at radius 1 is 0.981 bits per heavy atom. The normalized spacial score (nSPS) is 22.6. The fourth-order valence-electron chi connectivity index (χ4n) is 9.77. The number of hydrogen-bond donors (Lipinski definition) is 2. The van der Waals surface area contributed by atoms with Crippen LogP contribution in [0.5, 0.6) is 0 Å². The molecule has 0 aliphatic heterocycles. The number of amides is 1. The Balaban J connectivity index is 1.09. The number of carboxylic acids is 1. The van der Waals surface area contributed by atoms with Crippen LogP contribution < -0.4 is 5.32 Å². The molecule has 0 spiro atoms. The summed E-state index contributed by atoms with van der Waals surface area (Å²) in [5, 5.41) is 19.4. The number of thiazole rings is 1. The summed E-state index contributed by atoms with van der Waals surface area (Å²) in [7, 11) is 1.79. The molecule has 2 saturated carbocycles. The largest absolute Gasteiger partial charge is 0.476 e. The zero-order valence-corrected chi connectivity index (χ0v) is 31.4. The highest BCUT2D eigenvalue weighted by atomic mass is 32.1. The number of carbonyl (C=O) groups excluding carboxylic acids is 1. The van der Waals surface area contributed by atoms with E-state index >= 15 is 0 Å².